The van der Waals surface area contributed by atoms with Gasteiger partial charge >= 0.3 is 0 Å². The summed E-state index contributed by atoms with van der Waals surface area (Å²) in [4.78, 5) is 13.6. The number of alkyl halides is 1. The summed E-state index contributed by atoms with van der Waals surface area (Å²) in [5, 5.41) is 8.85. The monoisotopic (exact) mass is 417 g/mol. The van der Waals surface area contributed by atoms with Gasteiger partial charge in [-0.3, -0.25) is 4.79 Å². The molecule has 0 aromatic heterocycles. The van der Waals surface area contributed by atoms with Crippen molar-refractivity contribution < 1.29 is 42.6 Å². The van der Waals surface area contributed by atoms with Gasteiger partial charge in [-0.15, -0.1) is 28.9 Å². The summed E-state index contributed by atoms with van der Waals surface area (Å²) in [6, 6.07) is 4.93. The number of benzene rings is 1. The van der Waals surface area contributed by atoms with Crippen LogP contribution in [0.15, 0.2) is 22.7 Å². The van der Waals surface area contributed by atoms with E-state index in [1.54, 1.807) is 23.1 Å². The van der Waals surface area contributed by atoms with Crippen molar-refractivity contribution in [3.63, 3.8) is 0 Å². The van der Waals surface area contributed by atoms with Crippen molar-refractivity contribution >= 4 is 39.1 Å². The van der Waals surface area contributed by atoms with Gasteiger partial charge in [0.15, 0.2) is 0 Å². The van der Waals surface area contributed by atoms with Gasteiger partial charge in [0.2, 0.25) is 5.91 Å². The smallest absolute Gasteiger partial charge is 0.241 e. The zero-order valence-corrected chi connectivity index (χ0v) is 15.5. The van der Waals surface area contributed by atoms with E-state index >= 15 is 0 Å². The number of allylic oxidation sites excluding steroid dienone is 1. The van der Waals surface area contributed by atoms with Crippen LogP contribution >= 0.6 is 27.5 Å². The van der Waals surface area contributed by atoms with Crippen molar-refractivity contribution in [2.75, 3.05) is 6.54 Å². The van der Waals surface area contributed by atoms with Crippen LogP contribution < -0.4 is 0 Å². The Hall–Kier alpha value is 0.104. The second-order valence-corrected chi connectivity index (χ2v) is 5.32. The molecule has 0 aliphatic carbocycles. The average Bonchev–Trinajstić information content (AvgIpc) is 2.33. The Morgan fingerprint density at radius 3 is 2.84 bits per heavy atom. The molecule has 99 valence electrons. The number of halogens is 2. The van der Waals surface area contributed by atoms with Crippen LogP contribution in [0.3, 0.4) is 0 Å². The third kappa shape index (κ3) is 3.60. The first kappa shape index (κ1) is 17.2. The van der Waals surface area contributed by atoms with Crippen LogP contribution in [-0.4, -0.2) is 27.8 Å². The molecule has 1 radical (unpaired) electrons. The summed E-state index contributed by atoms with van der Waals surface area (Å²) in [6.07, 6.45) is 3.56. The molecule has 1 unspecified atom stereocenters. The summed E-state index contributed by atoms with van der Waals surface area (Å²) in [7, 11) is 0. The number of phenols is 1. The molecular formula is C13H12BrClNO2Y-. The van der Waals surface area contributed by atoms with E-state index in [4.69, 9.17) is 11.6 Å². The van der Waals surface area contributed by atoms with Gasteiger partial charge in [0.25, 0.3) is 0 Å². The van der Waals surface area contributed by atoms with Crippen molar-refractivity contribution in [2.45, 2.75) is 18.7 Å². The molecule has 1 aliphatic heterocycles. The molecule has 1 amide bonds. The largest absolute Gasteiger partial charge is 0.508 e. The molecule has 0 spiro atoms. The number of nitrogens with zero attached hydrogens (tertiary/aromatic N) is 1. The first-order valence-electron chi connectivity index (χ1n) is 5.59. The Balaban J connectivity index is 0.00000180. The first-order chi connectivity index (χ1) is 8.54. The van der Waals surface area contributed by atoms with E-state index in [-0.39, 0.29) is 44.4 Å². The molecule has 0 saturated carbocycles. The molecule has 1 N–H and O–H groups in total. The molecule has 6 heteroatoms. The van der Waals surface area contributed by atoms with Crippen molar-refractivity contribution in [3.05, 3.63) is 34.3 Å². The van der Waals surface area contributed by atoms with E-state index in [1.165, 1.54) is 0 Å². The zero-order valence-electron chi connectivity index (χ0n) is 10.4. The van der Waals surface area contributed by atoms with Crippen molar-refractivity contribution in [1.29, 1.82) is 0 Å². The van der Waals surface area contributed by atoms with Gasteiger partial charge < -0.3 is 10.0 Å². The van der Waals surface area contributed by atoms with Gasteiger partial charge in [0.05, 0.1) is 0 Å². The second-order valence-electron chi connectivity index (χ2n) is 3.94. The maximum absolute atomic E-state index is 12.0. The summed E-state index contributed by atoms with van der Waals surface area (Å²) >= 11 is 9.32. The molecule has 1 atom stereocenters. The summed E-state index contributed by atoms with van der Waals surface area (Å²) in [6.45, 7) is 2.43. The van der Waals surface area contributed by atoms with Crippen molar-refractivity contribution in [3.8, 4) is 5.75 Å². The second kappa shape index (κ2) is 7.21. The molecule has 19 heavy (non-hydrogen) atoms. The summed E-state index contributed by atoms with van der Waals surface area (Å²) in [5.41, 5.74) is 1.54. The predicted octanol–water partition coefficient (Wildman–Crippen LogP) is 3.16. The predicted molar refractivity (Wildman–Crippen MR) is 74.1 cm³/mol. The minimum Gasteiger partial charge on any atom is -0.508 e. The van der Waals surface area contributed by atoms with Gasteiger partial charge in [-0.05, 0) is 19.1 Å². The van der Waals surface area contributed by atoms with E-state index in [2.05, 4.69) is 22.0 Å². The van der Waals surface area contributed by atoms with Crippen LogP contribution in [0.4, 0.5) is 0 Å². The maximum Gasteiger partial charge on any atom is 0.241 e. The van der Waals surface area contributed by atoms with E-state index in [9.17, 15) is 9.90 Å². The normalized spacial score (nSPS) is 18.9. The Labute approximate surface area is 151 Å². The minimum atomic E-state index is -0.537. The Morgan fingerprint density at radius 2 is 2.26 bits per heavy atom. The third-order valence-electron chi connectivity index (χ3n) is 2.78. The first-order valence-corrected chi connectivity index (χ1v) is 6.82. The number of phenolic OH excluding ortho intramolecular Hbond substituents is 1. The van der Waals surface area contributed by atoms with Crippen LogP contribution in [0.1, 0.15) is 18.9 Å². The van der Waals surface area contributed by atoms with E-state index < -0.39 is 5.38 Å². The summed E-state index contributed by atoms with van der Waals surface area (Å²) < 4.78 is 0.726. The molecule has 0 fully saturated rings. The molecule has 1 aromatic rings. The molecule has 1 heterocycles. The van der Waals surface area contributed by atoms with E-state index in [0.717, 1.165) is 10.0 Å². The fourth-order valence-electron chi connectivity index (χ4n) is 1.90. The minimum absolute atomic E-state index is 0. The van der Waals surface area contributed by atoms with Crippen LogP contribution in [-0.2, 0) is 37.5 Å². The maximum atomic E-state index is 12.0. The van der Waals surface area contributed by atoms with Crippen LogP contribution in [0, 0.1) is 6.08 Å². The molecular weight excluding hydrogens is 406 g/mol. The van der Waals surface area contributed by atoms with Gasteiger partial charge in [-0.1, -0.05) is 26.8 Å². The Bertz CT molecular complexity index is 521. The van der Waals surface area contributed by atoms with Gasteiger partial charge in [-0.25, -0.2) is 6.08 Å². The molecule has 3 nitrogen and oxygen atoms in total. The molecule has 0 bridgehead atoms. The number of hydrogen-bond donors (Lipinski definition) is 1. The van der Waals surface area contributed by atoms with Crippen LogP contribution in [0.25, 0.3) is 5.70 Å². The fraction of sp³-hybridized carbons (Fsp3) is 0.308. The van der Waals surface area contributed by atoms with Crippen LogP contribution in [0.5, 0.6) is 5.75 Å². The number of aromatic hydroxyl groups is 1. The third-order valence-corrected chi connectivity index (χ3v) is 3.77. The number of rotatable bonds is 2. The summed E-state index contributed by atoms with van der Waals surface area (Å²) in [5.74, 6) is 0.0690. The van der Waals surface area contributed by atoms with Gasteiger partial charge in [0, 0.05) is 39.3 Å². The fourth-order valence-corrected chi connectivity index (χ4v) is 2.65. The zero-order chi connectivity index (χ0) is 13.3. The number of amides is 1. The standard InChI is InChI=1S/C13H12BrClNO2.Y/c1-2-16-12(6-5-11(15)13(16)18)9-4-3-8(17)7-10(9)14;/h3-4,7,11,17H,2,5H2,1H3;/q-1;. The van der Waals surface area contributed by atoms with E-state index in [1.807, 2.05) is 6.92 Å². The molecule has 2 rings (SSSR count). The number of carbonyl (C=O) groups is 1. The Kier molecular flexibility index (Phi) is 6.51. The SMILES string of the molecule is CCN1C(=O)C(Cl)C[C-]=C1c1ccc(O)cc1Br.[Y]. The van der Waals surface area contributed by atoms with Crippen molar-refractivity contribution in [1.82, 2.24) is 4.90 Å². The topological polar surface area (TPSA) is 40.5 Å². The number of carbonyl (C=O) groups excluding carboxylic acids is 1. The quantitative estimate of drug-likeness (QED) is 0.592. The van der Waals surface area contributed by atoms with Crippen LogP contribution in [0.2, 0.25) is 0 Å². The van der Waals surface area contributed by atoms with E-state index in [0.29, 0.717) is 18.7 Å². The average molecular weight is 419 g/mol. The van der Waals surface area contributed by atoms with Gasteiger partial charge in [0.1, 0.15) is 11.1 Å². The Morgan fingerprint density at radius 1 is 1.58 bits per heavy atom. The molecule has 0 saturated heterocycles. The van der Waals surface area contributed by atoms with Crippen molar-refractivity contribution in [2.24, 2.45) is 0 Å². The number of hydrogen-bond acceptors (Lipinski definition) is 2. The molecule has 1 aliphatic rings. The van der Waals surface area contributed by atoms with Gasteiger partial charge in [-0.2, -0.15) is 0 Å². The molecule has 1 aromatic carbocycles.